The molecule has 0 aromatic rings. The standard InChI is InChI=1S/C13H25NO5/c15-5-1-6-16-8-10-18-12-13-19-11-9-17-7-4-14-2-3-14/h5H,1-4,6-13H2. The predicted molar refractivity (Wildman–Crippen MR) is 70.4 cm³/mol. The van der Waals surface area contributed by atoms with Crippen molar-refractivity contribution in [2.45, 2.75) is 6.42 Å². The average molecular weight is 275 g/mol. The first kappa shape index (κ1) is 16.5. The van der Waals surface area contributed by atoms with Crippen LogP contribution in [0.2, 0.25) is 0 Å². The molecule has 0 aromatic carbocycles. The first-order valence-corrected chi connectivity index (χ1v) is 6.90. The molecule has 1 saturated heterocycles. The van der Waals surface area contributed by atoms with Crippen molar-refractivity contribution in [3.63, 3.8) is 0 Å². The van der Waals surface area contributed by atoms with Gasteiger partial charge in [-0.2, -0.15) is 0 Å². The van der Waals surface area contributed by atoms with Gasteiger partial charge in [0.1, 0.15) is 6.29 Å². The number of hydrogen-bond acceptors (Lipinski definition) is 6. The first-order chi connectivity index (χ1) is 9.43. The third-order valence-electron chi connectivity index (χ3n) is 2.59. The summed E-state index contributed by atoms with van der Waals surface area (Å²) in [4.78, 5) is 12.3. The summed E-state index contributed by atoms with van der Waals surface area (Å²) < 4.78 is 21.2. The van der Waals surface area contributed by atoms with Crippen LogP contribution in [0.1, 0.15) is 6.42 Å². The summed E-state index contributed by atoms with van der Waals surface area (Å²) >= 11 is 0. The maximum atomic E-state index is 10.0. The molecule has 0 spiro atoms. The average Bonchev–Trinajstić information content (AvgIpc) is 3.23. The summed E-state index contributed by atoms with van der Waals surface area (Å²) in [6.07, 6.45) is 1.29. The summed E-state index contributed by atoms with van der Waals surface area (Å²) in [5, 5.41) is 0. The molecule has 0 unspecified atom stereocenters. The lowest BCUT2D eigenvalue weighted by Gasteiger charge is -2.07. The second-order valence-corrected chi connectivity index (χ2v) is 4.25. The molecular formula is C13H25NO5. The lowest BCUT2D eigenvalue weighted by atomic mass is 10.5. The lowest BCUT2D eigenvalue weighted by molar-refractivity contribution is -0.108. The predicted octanol–water partition coefficient (Wildman–Crippen LogP) is -0.0426. The van der Waals surface area contributed by atoms with Crippen molar-refractivity contribution < 1.29 is 23.7 Å². The van der Waals surface area contributed by atoms with E-state index in [4.69, 9.17) is 18.9 Å². The molecule has 0 saturated carbocycles. The molecule has 0 amide bonds. The molecule has 1 fully saturated rings. The molecular weight excluding hydrogens is 250 g/mol. The van der Waals surface area contributed by atoms with E-state index in [0.717, 1.165) is 19.4 Å². The molecule has 0 bridgehead atoms. The number of aldehydes is 1. The summed E-state index contributed by atoms with van der Waals surface area (Å²) in [6, 6.07) is 0. The molecule has 1 heterocycles. The smallest absolute Gasteiger partial charge is 0.122 e. The Balaban J connectivity index is 1.61. The highest BCUT2D eigenvalue weighted by atomic mass is 16.6. The third-order valence-corrected chi connectivity index (χ3v) is 2.59. The van der Waals surface area contributed by atoms with Gasteiger partial charge in [0.2, 0.25) is 0 Å². The second kappa shape index (κ2) is 12.5. The molecule has 6 nitrogen and oxygen atoms in total. The Hall–Kier alpha value is -0.530. The normalized spacial score (nSPS) is 14.7. The zero-order valence-corrected chi connectivity index (χ0v) is 11.6. The SMILES string of the molecule is O=CCCOCCOCCOCCOCCN1CC1. The number of rotatable bonds is 15. The fourth-order valence-electron chi connectivity index (χ4n) is 1.38. The van der Waals surface area contributed by atoms with Crippen LogP contribution in [0.5, 0.6) is 0 Å². The van der Waals surface area contributed by atoms with E-state index >= 15 is 0 Å². The molecule has 1 rings (SSSR count). The quantitative estimate of drug-likeness (QED) is 0.237. The van der Waals surface area contributed by atoms with Crippen LogP contribution in [0.3, 0.4) is 0 Å². The van der Waals surface area contributed by atoms with Crippen LogP contribution in [0.4, 0.5) is 0 Å². The van der Waals surface area contributed by atoms with Crippen LogP contribution < -0.4 is 0 Å². The van der Waals surface area contributed by atoms with Crippen molar-refractivity contribution in [3.05, 3.63) is 0 Å². The molecule has 1 aliphatic heterocycles. The minimum atomic E-state index is 0.445. The molecule has 0 atom stereocenters. The highest BCUT2D eigenvalue weighted by molar-refractivity contribution is 5.49. The maximum Gasteiger partial charge on any atom is 0.122 e. The van der Waals surface area contributed by atoms with Crippen molar-refractivity contribution in [2.75, 3.05) is 72.5 Å². The molecule has 6 heteroatoms. The first-order valence-electron chi connectivity index (χ1n) is 6.90. The van der Waals surface area contributed by atoms with E-state index in [0.29, 0.717) is 52.7 Å². The molecule has 19 heavy (non-hydrogen) atoms. The van der Waals surface area contributed by atoms with E-state index in [1.54, 1.807) is 0 Å². The Bertz CT molecular complexity index is 211. The minimum absolute atomic E-state index is 0.445. The third kappa shape index (κ3) is 12.3. The topological polar surface area (TPSA) is 57.0 Å². The Labute approximate surface area is 114 Å². The van der Waals surface area contributed by atoms with Crippen molar-refractivity contribution in [3.8, 4) is 0 Å². The fraction of sp³-hybridized carbons (Fsp3) is 0.923. The van der Waals surface area contributed by atoms with Gasteiger partial charge in [-0.1, -0.05) is 0 Å². The van der Waals surface area contributed by atoms with Gasteiger partial charge in [0.05, 0.1) is 52.9 Å². The highest BCUT2D eigenvalue weighted by Crippen LogP contribution is 2.00. The van der Waals surface area contributed by atoms with E-state index in [1.165, 1.54) is 13.1 Å². The Morgan fingerprint density at radius 1 is 0.737 bits per heavy atom. The number of nitrogens with zero attached hydrogens (tertiary/aromatic N) is 1. The van der Waals surface area contributed by atoms with Gasteiger partial charge in [0, 0.05) is 26.1 Å². The van der Waals surface area contributed by atoms with Crippen molar-refractivity contribution in [2.24, 2.45) is 0 Å². The van der Waals surface area contributed by atoms with E-state index in [9.17, 15) is 4.79 Å². The van der Waals surface area contributed by atoms with Gasteiger partial charge < -0.3 is 23.7 Å². The lowest BCUT2D eigenvalue weighted by Crippen LogP contribution is -2.14. The van der Waals surface area contributed by atoms with Crippen molar-refractivity contribution in [1.82, 2.24) is 4.90 Å². The highest BCUT2D eigenvalue weighted by Gasteiger charge is 2.15. The van der Waals surface area contributed by atoms with Gasteiger partial charge in [-0.15, -0.1) is 0 Å². The van der Waals surface area contributed by atoms with Crippen LogP contribution in [0.25, 0.3) is 0 Å². The van der Waals surface area contributed by atoms with E-state index in [2.05, 4.69) is 4.90 Å². The summed E-state index contributed by atoms with van der Waals surface area (Å²) in [5.74, 6) is 0. The Kier molecular flexibility index (Phi) is 10.9. The van der Waals surface area contributed by atoms with Crippen LogP contribution in [0, 0.1) is 0 Å². The van der Waals surface area contributed by atoms with E-state index in [1.807, 2.05) is 0 Å². The van der Waals surface area contributed by atoms with Crippen LogP contribution >= 0.6 is 0 Å². The maximum absolute atomic E-state index is 10.0. The van der Waals surface area contributed by atoms with Crippen LogP contribution in [-0.4, -0.2) is 83.7 Å². The van der Waals surface area contributed by atoms with E-state index in [-0.39, 0.29) is 0 Å². The summed E-state index contributed by atoms with van der Waals surface area (Å²) in [7, 11) is 0. The van der Waals surface area contributed by atoms with Gasteiger partial charge in [0.25, 0.3) is 0 Å². The fourth-order valence-corrected chi connectivity index (χ4v) is 1.38. The number of ether oxygens (including phenoxy) is 4. The monoisotopic (exact) mass is 275 g/mol. The zero-order chi connectivity index (χ0) is 13.6. The van der Waals surface area contributed by atoms with Crippen LogP contribution in [0.15, 0.2) is 0 Å². The van der Waals surface area contributed by atoms with Gasteiger partial charge >= 0.3 is 0 Å². The van der Waals surface area contributed by atoms with Gasteiger partial charge in [-0.05, 0) is 0 Å². The molecule has 0 aromatic heterocycles. The molecule has 0 N–H and O–H groups in total. The Morgan fingerprint density at radius 2 is 1.21 bits per heavy atom. The molecule has 0 radical (unpaired) electrons. The largest absolute Gasteiger partial charge is 0.379 e. The number of carbonyl (C=O) groups excluding carboxylic acids is 1. The minimum Gasteiger partial charge on any atom is -0.379 e. The van der Waals surface area contributed by atoms with E-state index < -0.39 is 0 Å². The molecule has 1 aliphatic rings. The second-order valence-electron chi connectivity index (χ2n) is 4.25. The van der Waals surface area contributed by atoms with Crippen molar-refractivity contribution in [1.29, 1.82) is 0 Å². The molecule has 0 aliphatic carbocycles. The zero-order valence-electron chi connectivity index (χ0n) is 11.6. The Morgan fingerprint density at radius 3 is 1.68 bits per heavy atom. The molecule has 112 valence electrons. The van der Waals surface area contributed by atoms with Gasteiger partial charge in [-0.25, -0.2) is 0 Å². The summed E-state index contributed by atoms with van der Waals surface area (Å²) in [5.41, 5.74) is 0. The van der Waals surface area contributed by atoms with Crippen molar-refractivity contribution >= 4 is 6.29 Å². The van der Waals surface area contributed by atoms with Gasteiger partial charge in [0.15, 0.2) is 0 Å². The summed E-state index contributed by atoms with van der Waals surface area (Å²) in [6.45, 7) is 8.17. The number of hydrogen-bond donors (Lipinski definition) is 0. The van der Waals surface area contributed by atoms with Crippen LogP contribution in [-0.2, 0) is 23.7 Å². The van der Waals surface area contributed by atoms with Gasteiger partial charge in [-0.3, -0.25) is 4.90 Å². The number of carbonyl (C=O) groups is 1.